The number of nitriles is 1. The molecule has 1 aliphatic rings. The molecule has 0 spiro atoms. The fraction of sp³-hybridized carbons (Fsp3) is 0.467. The van der Waals surface area contributed by atoms with E-state index >= 15 is 0 Å². The van der Waals surface area contributed by atoms with Crippen molar-refractivity contribution in [2.75, 3.05) is 19.8 Å². The van der Waals surface area contributed by atoms with Gasteiger partial charge in [-0.05, 0) is 37.5 Å². The second-order valence-corrected chi connectivity index (χ2v) is 4.60. The average Bonchev–Trinajstić information content (AvgIpc) is 2.48. The summed E-state index contributed by atoms with van der Waals surface area (Å²) in [5.74, 6) is -0.192. The summed E-state index contributed by atoms with van der Waals surface area (Å²) in [7, 11) is 0. The number of hydrogen-bond donors (Lipinski definition) is 0. The Morgan fingerprint density at radius 2 is 2.00 bits per heavy atom. The van der Waals surface area contributed by atoms with E-state index in [0.717, 1.165) is 5.56 Å². The molecule has 0 N–H and O–H groups in total. The van der Waals surface area contributed by atoms with Gasteiger partial charge in [0.15, 0.2) is 0 Å². The number of rotatable bonds is 3. The summed E-state index contributed by atoms with van der Waals surface area (Å²) in [4.78, 5) is 12.3. The lowest BCUT2D eigenvalue weighted by Crippen LogP contribution is -2.42. The SMILES string of the molecule is CCOC(=O)C1(c2ccc(C#N)cc2)CCOCC1. The summed E-state index contributed by atoms with van der Waals surface area (Å²) in [6.45, 7) is 3.29. The third kappa shape index (κ3) is 2.61. The summed E-state index contributed by atoms with van der Waals surface area (Å²) in [6.07, 6.45) is 1.25. The van der Waals surface area contributed by atoms with E-state index in [0.29, 0.717) is 38.2 Å². The van der Waals surface area contributed by atoms with Crippen molar-refractivity contribution in [2.45, 2.75) is 25.2 Å². The molecular formula is C15H17NO3. The minimum Gasteiger partial charge on any atom is -0.465 e. The molecule has 2 rings (SSSR count). The smallest absolute Gasteiger partial charge is 0.316 e. The number of hydrogen-bond acceptors (Lipinski definition) is 4. The summed E-state index contributed by atoms with van der Waals surface area (Å²) in [5, 5.41) is 8.83. The number of carbonyl (C=O) groups excluding carboxylic acids is 1. The van der Waals surface area contributed by atoms with Crippen LogP contribution < -0.4 is 0 Å². The molecular weight excluding hydrogens is 242 g/mol. The Kier molecular flexibility index (Phi) is 4.18. The Morgan fingerprint density at radius 1 is 1.37 bits per heavy atom. The second-order valence-electron chi connectivity index (χ2n) is 4.60. The van der Waals surface area contributed by atoms with Crippen molar-refractivity contribution in [2.24, 2.45) is 0 Å². The van der Waals surface area contributed by atoms with E-state index in [1.165, 1.54) is 0 Å². The molecule has 19 heavy (non-hydrogen) atoms. The first-order valence-electron chi connectivity index (χ1n) is 6.48. The van der Waals surface area contributed by atoms with Crippen LogP contribution in [0, 0.1) is 11.3 Å². The van der Waals surface area contributed by atoms with Crippen LogP contribution in [-0.2, 0) is 19.7 Å². The number of carbonyl (C=O) groups is 1. The molecule has 1 aromatic carbocycles. The molecule has 0 amide bonds. The minimum atomic E-state index is -0.623. The molecule has 0 atom stereocenters. The average molecular weight is 259 g/mol. The van der Waals surface area contributed by atoms with Gasteiger partial charge in [-0.15, -0.1) is 0 Å². The van der Waals surface area contributed by atoms with E-state index in [9.17, 15) is 4.79 Å². The van der Waals surface area contributed by atoms with Crippen LogP contribution >= 0.6 is 0 Å². The van der Waals surface area contributed by atoms with Gasteiger partial charge >= 0.3 is 5.97 Å². The Bertz CT molecular complexity index is 481. The van der Waals surface area contributed by atoms with E-state index in [1.54, 1.807) is 12.1 Å². The second kappa shape index (κ2) is 5.85. The third-order valence-corrected chi connectivity index (χ3v) is 3.58. The maximum Gasteiger partial charge on any atom is 0.316 e. The lowest BCUT2D eigenvalue weighted by molar-refractivity contribution is -0.154. The number of ether oxygens (including phenoxy) is 2. The largest absolute Gasteiger partial charge is 0.465 e. The maximum atomic E-state index is 12.3. The normalized spacial score (nSPS) is 17.5. The molecule has 0 bridgehead atoms. The number of esters is 1. The first-order valence-corrected chi connectivity index (χ1v) is 6.48. The van der Waals surface area contributed by atoms with Crippen molar-refractivity contribution in [3.05, 3.63) is 35.4 Å². The molecule has 4 nitrogen and oxygen atoms in total. The van der Waals surface area contributed by atoms with Crippen molar-refractivity contribution in [3.63, 3.8) is 0 Å². The highest BCUT2D eigenvalue weighted by Crippen LogP contribution is 2.36. The fourth-order valence-corrected chi connectivity index (χ4v) is 2.46. The summed E-state index contributed by atoms with van der Waals surface area (Å²) >= 11 is 0. The van der Waals surface area contributed by atoms with Crippen LogP contribution in [0.2, 0.25) is 0 Å². The topological polar surface area (TPSA) is 59.3 Å². The molecule has 0 saturated carbocycles. The molecule has 1 heterocycles. The van der Waals surface area contributed by atoms with E-state index < -0.39 is 5.41 Å². The molecule has 1 aliphatic heterocycles. The standard InChI is InChI=1S/C15H17NO3/c1-2-19-14(17)15(7-9-18-10-8-15)13-5-3-12(11-16)4-6-13/h3-6H,2,7-10H2,1H3. The van der Waals surface area contributed by atoms with Gasteiger partial charge in [0, 0.05) is 13.2 Å². The Morgan fingerprint density at radius 3 is 2.53 bits per heavy atom. The summed E-state index contributed by atoms with van der Waals surface area (Å²) in [5.41, 5.74) is 0.880. The highest BCUT2D eigenvalue weighted by Gasteiger charge is 2.43. The van der Waals surface area contributed by atoms with Crippen molar-refractivity contribution in [1.82, 2.24) is 0 Å². The van der Waals surface area contributed by atoms with Crippen LogP contribution in [0.3, 0.4) is 0 Å². The maximum absolute atomic E-state index is 12.3. The lowest BCUT2D eigenvalue weighted by atomic mass is 9.74. The Balaban J connectivity index is 2.36. The summed E-state index contributed by atoms with van der Waals surface area (Å²) < 4.78 is 10.6. The van der Waals surface area contributed by atoms with E-state index in [4.69, 9.17) is 14.7 Å². The number of nitrogens with zero attached hydrogens (tertiary/aromatic N) is 1. The van der Waals surface area contributed by atoms with Crippen molar-refractivity contribution >= 4 is 5.97 Å². The molecule has 1 fully saturated rings. The highest BCUT2D eigenvalue weighted by atomic mass is 16.5. The van der Waals surface area contributed by atoms with E-state index in [1.807, 2.05) is 19.1 Å². The molecule has 0 aliphatic carbocycles. The first-order chi connectivity index (χ1) is 9.23. The van der Waals surface area contributed by atoms with Crippen LogP contribution in [0.15, 0.2) is 24.3 Å². The van der Waals surface area contributed by atoms with Crippen LogP contribution in [-0.4, -0.2) is 25.8 Å². The fourth-order valence-electron chi connectivity index (χ4n) is 2.46. The van der Waals surface area contributed by atoms with Crippen LogP contribution in [0.25, 0.3) is 0 Å². The van der Waals surface area contributed by atoms with E-state index in [2.05, 4.69) is 6.07 Å². The Hall–Kier alpha value is -1.86. The lowest BCUT2D eigenvalue weighted by Gasteiger charge is -2.35. The molecule has 1 saturated heterocycles. The predicted octanol–water partition coefficient (Wildman–Crippen LogP) is 2.17. The van der Waals surface area contributed by atoms with Crippen molar-refractivity contribution in [1.29, 1.82) is 5.26 Å². The van der Waals surface area contributed by atoms with Crippen molar-refractivity contribution < 1.29 is 14.3 Å². The van der Waals surface area contributed by atoms with Gasteiger partial charge in [-0.1, -0.05) is 12.1 Å². The molecule has 1 aromatic rings. The number of benzene rings is 1. The van der Waals surface area contributed by atoms with Crippen LogP contribution in [0.5, 0.6) is 0 Å². The Labute approximate surface area is 112 Å². The predicted molar refractivity (Wildman–Crippen MR) is 69.5 cm³/mol. The van der Waals surface area contributed by atoms with Gasteiger partial charge in [0.1, 0.15) is 0 Å². The third-order valence-electron chi connectivity index (χ3n) is 3.58. The van der Waals surface area contributed by atoms with Gasteiger partial charge in [0.2, 0.25) is 0 Å². The molecule has 0 aromatic heterocycles. The zero-order valence-electron chi connectivity index (χ0n) is 11.0. The molecule has 0 radical (unpaired) electrons. The van der Waals surface area contributed by atoms with Gasteiger partial charge in [-0.2, -0.15) is 5.26 Å². The zero-order chi connectivity index (χ0) is 13.7. The van der Waals surface area contributed by atoms with Gasteiger partial charge < -0.3 is 9.47 Å². The van der Waals surface area contributed by atoms with Gasteiger partial charge in [0.25, 0.3) is 0 Å². The van der Waals surface area contributed by atoms with Crippen LogP contribution in [0.1, 0.15) is 30.9 Å². The van der Waals surface area contributed by atoms with Gasteiger partial charge in [0.05, 0.1) is 23.7 Å². The van der Waals surface area contributed by atoms with Crippen LogP contribution in [0.4, 0.5) is 0 Å². The quantitative estimate of drug-likeness (QED) is 0.780. The first kappa shape index (κ1) is 13.6. The van der Waals surface area contributed by atoms with E-state index in [-0.39, 0.29) is 5.97 Å². The van der Waals surface area contributed by atoms with Gasteiger partial charge in [-0.25, -0.2) is 0 Å². The van der Waals surface area contributed by atoms with Crippen molar-refractivity contribution in [3.8, 4) is 6.07 Å². The molecule has 4 heteroatoms. The summed E-state index contributed by atoms with van der Waals surface area (Å²) in [6, 6.07) is 9.26. The molecule has 100 valence electrons. The highest BCUT2D eigenvalue weighted by molar-refractivity contribution is 5.83. The zero-order valence-corrected chi connectivity index (χ0v) is 11.0. The monoisotopic (exact) mass is 259 g/mol. The van der Waals surface area contributed by atoms with Gasteiger partial charge in [-0.3, -0.25) is 4.79 Å². The molecule has 0 unspecified atom stereocenters. The minimum absolute atomic E-state index is 0.192.